The third-order valence-electron chi connectivity index (χ3n) is 4.55. The molecule has 31 heavy (non-hydrogen) atoms. The van der Waals surface area contributed by atoms with E-state index >= 15 is 0 Å². The zero-order valence-corrected chi connectivity index (χ0v) is 18.2. The van der Waals surface area contributed by atoms with Crippen LogP contribution in [0.4, 0.5) is 0 Å². The van der Waals surface area contributed by atoms with E-state index in [2.05, 4.69) is 9.47 Å². The average molecular weight is 450 g/mol. The zero-order valence-electron chi connectivity index (χ0n) is 17.4. The Morgan fingerprint density at radius 1 is 0.968 bits per heavy atom. The molecule has 0 saturated carbocycles. The van der Waals surface area contributed by atoms with E-state index in [1.54, 1.807) is 25.1 Å². The van der Waals surface area contributed by atoms with Crippen molar-refractivity contribution in [3.05, 3.63) is 53.6 Å². The second-order valence-corrected chi connectivity index (χ2v) is 8.54. The van der Waals surface area contributed by atoms with Gasteiger partial charge in [-0.2, -0.15) is 8.42 Å². The number of methoxy groups -OCH3 is 2. The van der Waals surface area contributed by atoms with Crippen molar-refractivity contribution < 1.29 is 41.1 Å². The molecule has 0 radical (unpaired) electrons. The van der Waals surface area contributed by atoms with Crippen LogP contribution in [0.5, 0.6) is 11.5 Å². The first kappa shape index (κ1) is 22.6. The molecule has 0 unspecified atom stereocenters. The summed E-state index contributed by atoms with van der Waals surface area (Å²) in [6, 6.07) is 11.0. The zero-order chi connectivity index (χ0) is 22.8. The van der Waals surface area contributed by atoms with Gasteiger partial charge in [0, 0.05) is 0 Å². The number of benzene rings is 2. The Balaban J connectivity index is 1.75. The molecule has 2 aromatic carbocycles. The van der Waals surface area contributed by atoms with Crippen LogP contribution >= 0.6 is 0 Å². The summed E-state index contributed by atoms with van der Waals surface area (Å²) in [7, 11) is -1.76. The maximum absolute atomic E-state index is 12.5. The van der Waals surface area contributed by atoms with Crippen molar-refractivity contribution in [1.82, 2.24) is 0 Å². The minimum absolute atomic E-state index is 0.0663. The van der Waals surface area contributed by atoms with Gasteiger partial charge in [-0.05, 0) is 50.1 Å². The molecule has 0 saturated heterocycles. The Bertz CT molecular complexity index is 1070. The molecule has 1 heterocycles. The van der Waals surface area contributed by atoms with Gasteiger partial charge < -0.3 is 18.9 Å². The van der Waals surface area contributed by atoms with Gasteiger partial charge >= 0.3 is 17.7 Å². The predicted molar refractivity (Wildman–Crippen MR) is 107 cm³/mol. The van der Waals surface area contributed by atoms with Crippen LogP contribution in [0.3, 0.4) is 0 Å². The van der Waals surface area contributed by atoms with Gasteiger partial charge in [0.1, 0.15) is 0 Å². The molecule has 0 aromatic heterocycles. The Hall–Kier alpha value is -3.11. The highest BCUT2D eigenvalue weighted by atomic mass is 32.2. The van der Waals surface area contributed by atoms with Gasteiger partial charge in [0.15, 0.2) is 11.5 Å². The number of hydrogen-bond acceptors (Lipinski definition) is 9. The first-order valence-corrected chi connectivity index (χ1v) is 10.7. The van der Waals surface area contributed by atoms with E-state index in [1.807, 2.05) is 6.92 Å². The van der Waals surface area contributed by atoms with Crippen LogP contribution < -0.4 is 9.47 Å². The van der Waals surface area contributed by atoms with Crippen LogP contribution in [0.2, 0.25) is 0 Å². The van der Waals surface area contributed by atoms with Crippen molar-refractivity contribution in [3.63, 3.8) is 0 Å². The highest BCUT2D eigenvalue weighted by Gasteiger charge is 2.59. The van der Waals surface area contributed by atoms with E-state index in [0.717, 1.165) is 19.8 Å². The van der Waals surface area contributed by atoms with Crippen molar-refractivity contribution in [1.29, 1.82) is 0 Å². The van der Waals surface area contributed by atoms with Crippen molar-refractivity contribution in [2.24, 2.45) is 0 Å². The lowest BCUT2D eigenvalue weighted by Gasteiger charge is -2.21. The van der Waals surface area contributed by atoms with E-state index < -0.39 is 33.9 Å². The fraction of sp³-hybridized carbons (Fsp3) is 0.333. The maximum Gasteiger partial charge on any atom is 0.453 e. The summed E-state index contributed by atoms with van der Waals surface area (Å²) in [5.74, 6) is -4.28. The number of carbonyl (C=O) groups is 2. The van der Waals surface area contributed by atoms with Crippen LogP contribution in [-0.4, -0.2) is 46.5 Å². The number of ether oxygens (including phenoxy) is 4. The molecule has 0 N–H and O–H groups in total. The average Bonchev–Trinajstić information content (AvgIpc) is 3.12. The van der Waals surface area contributed by atoms with Gasteiger partial charge in [-0.15, -0.1) is 0 Å². The summed E-state index contributed by atoms with van der Waals surface area (Å²) in [6.07, 6.45) is -0.483. The number of fused-ring (bicyclic) bond motifs is 1. The molecule has 9 nitrogen and oxygen atoms in total. The first-order valence-electron chi connectivity index (χ1n) is 9.29. The molecule has 2 aromatic rings. The van der Waals surface area contributed by atoms with Gasteiger partial charge in [0.2, 0.25) is 0 Å². The van der Waals surface area contributed by atoms with Crippen molar-refractivity contribution in [3.8, 4) is 11.5 Å². The number of carbonyl (C=O) groups excluding carboxylic acids is 2. The monoisotopic (exact) mass is 450 g/mol. The predicted octanol–water partition coefficient (Wildman–Crippen LogP) is 2.15. The minimum Gasteiger partial charge on any atom is -0.463 e. The third-order valence-corrected chi connectivity index (χ3v) is 5.98. The van der Waals surface area contributed by atoms with Crippen molar-refractivity contribution in [2.75, 3.05) is 14.2 Å². The molecule has 0 spiro atoms. The minimum atomic E-state index is -3.93. The highest BCUT2D eigenvalue weighted by molar-refractivity contribution is 7.86. The fourth-order valence-corrected chi connectivity index (χ4v) is 4.12. The largest absolute Gasteiger partial charge is 0.463 e. The van der Waals surface area contributed by atoms with Crippen LogP contribution in [0, 0.1) is 6.92 Å². The molecule has 0 bridgehead atoms. The van der Waals surface area contributed by atoms with Crippen LogP contribution in [0.25, 0.3) is 0 Å². The number of hydrogen-bond donors (Lipinski definition) is 0. The highest BCUT2D eigenvalue weighted by Crippen LogP contribution is 2.41. The summed E-state index contributed by atoms with van der Waals surface area (Å²) in [5, 5.41) is 0. The fourth-order valence-electron chi connectivity index (χ4n) is 3.04. The SMILES string of the molecule is COC(=O)C1(C(=O)OC)Oc2ccc(C[C@H](C)OS(=O)(=O)c3ccc(C)cc3)cc2O1. The van der Waals surface area contributed by atoms with Crippen molar-refractivity contribution >= 4 is 22.1 Å². The van der Waals surface area contributed by atoms with E-state index in [9.17, 15) is 18.0 Å². The van der Waals surface area contributed by atoms with E-state index in [-0.39, 0.29) is 22.8 Å². The van der Waals surface area contributed by atoms with E-state index in [4.69, 9.17) is 13.7 Å². The topological polar surface area (TPSA) is 114 Å². The molecule has 10 heteroatoms. The number of rotatable bonds is 7. The summed E-state index contributed by atoms with van der Waals surface area (Å²) >= 11 is 0. The summed E-state index contributed by atoms with van der Waals surface area (Å²) < 4.78 is 50.3. The first-order chi connectivity index (χ1) is 14.6. The summed E-state index contributed by atoms with van der Waals surface area (Å²) in [4.78, 5) is 24.3. The van der Waals surface area contributed by atoms with Crippen LogP contribution in [0.15, 0.2) is 47.4 Å². The molecule has 0 amide bonds. The molecule has 0 fully saturated rings. The van der Waals surface area contributed by atoms with Crippen LogP contribution in [0.1, 0.15) is 18.1 Å². The molecule has 1 aliphatic heterocycles. The lowest BCUT2D eigenvalue weighted by atomic mass is 10.1. The molecule has 3 rings (SSSR count). The molecule has 166 valence electrons. The Kier molecular flexibility index (Phi) is 6.23. The van der Waals surface area contributed by atoms with Gasteiger partial charge in [-0.1, -0.05) is 23.8 Å². The summed E-state index contributed by atoms with van der Waals surface area (Å²) in [5.41, 5.74) is 1.57. The lowest BCUT2D eigenvalue weighted by Crippen LogP contribution is -2.55. The smallest absolute Gasteiger partial charge is 0.453 e. The second-order valence-electron chi connectivity index (χ2n) is 6.96. The molecule has 1 aliphatic rings. The van der Waals surface area contributed by atoms with Gasteiger partial charge in [0.25, 0.3) is 10.1 Å². The van der Waals surface area contributed by atoms with Crippen molar-refractivity contribution in [2.45, 2.75) is 37.1 Å². The molecule has 1 atom stereocenters. The maximum atomic E-state index is 12.5. The Morgan fingerprint density at radius 3 is 2.13 bits per heavy atom. The van der Waals surface area contributed by atoms with E-state index in [0.29, 0.717) is 5.56 Å². The normalized spacial score (nSPS) is 15.2. The molecular formula is C21H22O9S. The Morgan fingerprint density at radius 2 is 1.55 bits per heavy atom. The molecular weight excluding hydrogens is 428 g/mol. The quantitative estimate of drug-likeness (QED) is 0.355. The summed E-state index contributed by atoms with van der Waals surface area (Å²) in [6.45, 7) is 3.47. The Labute approximate surface area is 179 Å². The standard InChI is InChI=1S/C21H22O9S/c1-13-5-8-16(9-6-13)31(24,25)30-14(2)11-15-7-10-17-18(12-15)29-21(28-17,19(22)26-3)20(23)27-4/h5-10,12,14H,11H2,1-4H3/t14-/m0/s1. The van der Waals surface area contributed by atoms with Gasteiger partial charge in [-0.25, -0.2) is 9.59 Å². The van der Waals surface area contributed by atoms with Crippen LogP contribution in [-0.2, 0) is 39.8 Å². The third kappa shape index (κ3) is 4.49. The van der Waals surface area contributed by atoms with Gasteiger partial charge in [-0.3, -0.25) is 4.18 Å². The second kappa shape index (κ2) is 8.56. The number of aryl methyl sites for hydroxylation is 1. The van der Waals surface area contributed by atoms with E-state index in [1.165, 1.54) is 24.3 Å². The lowest BCUT2D eigenvalue weighted by molar-refractivity contribution is -0.199. The molecule has 0 aliphatic carbocycles. The van der Waals surface area contributed by atoms with Gasteiger partial charge in [0.05, 0.1) is 25.2 Å². The number of esters is 2.